The van der Waals surface area contributed by atoms with Crippen LogP contribution in [0.4, 0.5) is 0 Å². The standard InChI is InChI=1S/C12H10BrN/c13-11-7-4-3-6-10(11)12-8-2-1-5-9-14-12/h1-9,14H. The van der Waals surface area contributed by atoms with Crippen LogP contribution < -0.4 is 5.32 Å². The number of rotatable bonds is 1. The summed E-state index contributed by atoms with van der Waals surface area (Å²) in [5.74, 6) is 0. The molecule has 0 unspecified atom stereocenters. The quantitative estimate of drug-likeness (QED) is 0.802. The minimum Gasteiger partial charge on any atom is -0.361 e. The summed E-state index contributed by atoms with van der Waals surface area (Å²) in [6.07, 6.45) is 9.97. The number of nitrogens with one attached hydrogen (secondary N) is 1. The molecule has 0 atom stereocenters. The van der Waals surface area contributed by atoms with E-state index in [1.165, 1.54) is 5.56 Å². The Kier molecular flexibility index (Phi) is 2.84. The Morgan fingerprint density at radius 3 is 2.71 bits per heavy atom. The third-order valence-electron chi connectivity index (χ3n) is 1.98. The van der Waals surface area contributed by atoms with Crippen LogP contribution in [0.2, 0.25) is 0 Å². The van der Waals surface area contributed by atoms with E-state index >= 15 is 0 Å². The van der Waals surface area contributed by atoms with E-state index in [1.54, 1.807) is 0 Å². The van der Waals surface area contributed by atoms with Gasteiger partial charge in [0.25, 0.3) is 0 Å². The molecule has 1 aliphatic heterocycles. The third-order valence-corrected chi connectivity index (χ3v) is 2.68. The topological polar surface area (TPSA) is 12.0 Å². The van der Waals surface area contributed by atoms with Crippen molar-refractivity contribution in [1.29, 1.82) is 0 Å². The molecule has 14 heavy (non-hydrogen) atoms. The lowest BCUT2D eigenvalue weighted by atomic mass is 10.1. The first-order valence-corrected chi connectivity index (χ1v) is 5.22. The lowest BCUT2D eigenvalue weighted by Gasteiger charge is -2.07. The van der Waals surface area contributed by atoms with E-state index in [9.17, 15) is 0 Å². The lowest BCUT2D eigenvalue weighted by molar-refractivity contribution is 1.22. The molecular weight excluding hydrogens is 238 g/mol. The minimum absolute atomic E-state index is 1.10. The fraction of sp³-hybridized carbons (Fsp3) is 0. The van der Waals surface area contributed by atoms with Crippen LogP contribution in [0.25, 0.3) is 5.70 Å². The summed E-state index contributed by atoms with van der Waals surface area (Å²) in [6.45, 7) is 0. The Labute approximate surface area is 92.0 Å². The van der Waals surface area contributed by atoms with E-state index in [-0.39, 0.29) is 0 Å². The molecule has 0 fully saturated rings. The van der Waals surface area contributed by atoms with Crippen LogP contribution in [-0.2, 0) is 0 Å². The molecule has 0 saturated carbocycles. The van der Waals surface area contributed by atoms with Gasteiger partial charge in [0.2, 0.25) is 0 Å². The van der Waals surface area contributed by atoms with Crippen molar-refractivity contribution in [3.05, 3.63) is 64.8 Å². The van der Waals surface area contributed by atoms with Crippen molar-refractivity contribution in [2.75, 3.05) is 0 Å². The molecule has 0 saturated heterocycles. The van der Waals surface area contributed by atoms with Crippen LogP contribution in [0.5, 0.6) is 0 Å². The summed E-state index contributed by atoms with van der Waals surface area (Å²) in [5.41, 5.74) is 2.27. The van der Waals surface area contributed by atoms with Crippen molar-refractivity contribution < 1.29 is 0 Å². The molecule has 0 aromatic heterocycles. The fourth-order valence-electron chi connectivity index (χ4n) is 1.30. The lowest BCUT2D eigenvalue weighted by Crippen LogP contribution is -2.03. The molecule has 1 nitrogen and oxygen atoms in total. The smallest absolute Gasteiger partial charge is 0.0464 e. The van der Waals surface area contributed by atoms with Gasteiger partial charge in [-0.25, -0.2) is 0 Å². The van der Waals surface area contributed by atoms with Crippen molar-refractivity contribution in [3.63, 3.8) is 0 Å². The molecule has 70 valence electrons. The van der Waals surface area contributed by atoms with Crippen LogP contribution in [0.15, 0.2) is 59.2 Å². The van der Waals surface area contributed by atoms with Gasteiger partial charge in [-0.05, 0) is 18.2 Å². The SMILES string of the molecule is Brc1ccccc1C1=CC=CC=CN1. The van der Waals surface area contributed by atoms with E-state index in [0.29, 0.717) is 0 Å². The summed E-state index contributed by atoms with van der Waals surface area (Å²) < 4.78 is 1.10. The van der Waals surface area contributed by atoms with Gasteiger partial charge in [0.1, 0.15) is 0 Å². The van der Waals surface area contributed by atoms with Gasteiger partial charge in [0.15, 0.2) is 0 Å². The molecule has 1 aromatic rings. The van der Waals surface area contributed by atoms with Gasteiger partial charge in [-0.1, -0.05) is 46.3 Å². The van der Waals surface area contributed by atoms with Crippen LogP contribution in [0.3, 0.4) is 0 Å². The average molecular weight is 248 g/mol. The molecule has 0 spiro atoms. The Morgan fingerprint density at radius 1 is 1.00 bits per heavy atom. The second-order valence-electron chi connectivity index (χ2n) is 2.95. The Balaban J connectivity index is 2.40. The predicted molar refractivity (Wildman–Crippen MR) is 63.5 cm³/mol. The summed E-state index contributed by atoms with van der Waals surface area (Å²) in [4.78, 5) is 0. The van der Waals surface area contributed by atoms with Crippen molar-refractivity contribution in [3.8, 4) is 0 Å². The molecule has 2 heteroatoms. The van der Waals surface area contributed by atoms with Gasteiger partial charge in [-0.15, -0.1) is 0 Å². The maximum absolute atomic E-state index is 3.53. The molecule has 1 aliphatic rings. The minimum atomic E-state index is 1.10. The number of halogens is 1. The number of hydrogen-bond donors (Lipinski definition) is 1. The van der Waals surface area contributed by atoms with Crippen LogP contribution >= 0.6 is 15.9 Å². The Hall–Kier alpha value is -1.28. The molecule has 1 N–H and O–H groups in total. The van der Waals surface area contributed by atoms with E-state index in [1.807, 2.05) is 42.6 Å². The number of hydrogen-bond acceptors (Lipinski definition) is 1. The highest BCUT2D eigenvalue weighted by Crippen LogP contribution is 2.22. The zero-order chi connectivity index (χ0) is 9.80. The maximum atomic E-state index is 3.53. The molecule has 0 radical (unpaired) electrons. The Bertz CT molecular complexity index is 416. The maximum Gasteiger partial charge on any atom is 0.0464 e. The van der Waals surface area contributed by atoms with Crippen LogP contribution in [0, 0.1) is 0 Å². The second kappa shape index (κ2) is 4.29. The molecule has 1 aromatic carbocycles. The zero-order valence-electron chi connectivity index (χ0n) is 7.57. The average Bonchev–Trinajstić information content (AvgIpc) is 2.47. The molecule has 0 aliphatic carbocycles. The highest BCUT2D eigenvalue weighted by molar-refractivity contribution is 9.10. The van der Waals surface area contributed by atoms with E-state index in [2.05, 4.69) is 33.4 Å². The van der Waals surface area contributed by atoms with Crippen molar-refractivity contribution in [2.24, 2.45) is 0 Å². The largest absolute Gasteiger partial charge is 0.361 e. The molecule has 2 rings (SSSR count). The summed E-state index contributed by atoms with van der Waals surface area (Å²) in [6, 6.07) is 8.16. The van der Waals surface area contributed by atoms with Gasteiger partial charge >= 0.3 is 0 Å². The van der Waals surface area contributed by atoms with Gasteiger partial charge < -0.3 is 5.32 Å². The molecule has 0 amide bonds. The zero-order valence-corrected chi connectivity index (χ0v) is 9.16. The van der Waals surface area contributed by atoms with Crippen molar-refractivity contribution in [2.45, 2.75) is 0 Å². The van der Waals surface area contributed by atoms with E-state index < -0.39 is 0 Å². The highest BCUT2D eigenvalue weighted by Gasteiger charge is 2.03. The van der Waals surface area contributed by atoms with Crippen LogP contribution in [-0.4, -0.2) is 0 Å². The van der Waals surface area contributed by atoms with Crippen molar-refractivity contribution in [1.82, 2.24) is 5.32 Å². The van der Waals surface area contributed by atoms with Gasteiger partial charge in [-0.2, -0.15) is 0 Å². The van der Waals surface area contributed by atoms with Gasteiger partial charge in [0, 0.05) is 21.9 Å². The first-order valence-electron chi connectivity index (χ1n) is 4.43. The predicted octanol–water partition coefficient (Wildman–Crippen LogP) is 3.46. The second-order valence-corrected chi connectivity index (χ2v) is 3.80. The first kappa shape index (κ1) is 9.28. The van der Waals surface area contributed by atoms with E-state index in [0.717, 1.165) is 10.2 Å². The van der Waals surface area contributed by atoms with Crippen LogP contribution in [0.1, 0.15) is 5.56 Å². The molecule has 1 heterocycles. The summed E-state index contributed by atoms with van der Waals surface area (Å²) in [5, 5.41) is 3.23. The number of allylic oxidation sites excluding steroid dienone is 4. The summed E-state index contributed by atoms with van der Waals surface area (Å²) >= 11 is 3.53. The third kappa shape index (κ3) is 1.96. The molecule has 0 bridgehead atoms. The first-order chi connectivity index (χ1) is 6.88. The monoisotopic (exact) mass is 247 g/mol. The Morgan fingerprint density at radius 2 is 1.86 bits per heavy atom. The summed E-state index contributed by atoms with van der Waals surface area (Å²) in [7, 11) is 0. The highest BCUT2D eigenvalue weighted by atomic mass is 79.9. The van der Waals surface area contributed by atoms with Gasteiger partial charge in [-0.3, -0.25) is 0 Å². The number of benzene rings is 1. The van der Waals surface area contributed by atoms with Crippen molar-refractivity contribution >= 4 is 21.6 Å². The normalized spacial score (nSPS) is 14.5. The fourth-order valence-corrected chi connectivity index (χ4v) is 1.80. The molecular formula is C12H10BrN. The van der Waals surface area contributed by atoms with Gasteiger partial charge in [0.05, 0.1) is 0 Å². The van der Waals surface area contributed by atoms with E-state index in [4.69, 9.17) is 0 Å².